The van der Waals surface area contributed by atoms with E-state index >= 15 is 0 Å². The summed E-state index contributed by atoms with van der Waals surface area (Å²) in [6.07, 6.45) is 7.21. The van der Waals surface area contributed by atoms with Crippen LogP contribution in [0.2, 0.25) is 0 Å². The van der Waals surface area contributed by atoms with E-state index in [1.165, 1.54) is 6.07 Å². The summed E-state index contributed by atoms with van der Waals surface area (Å²) in [5.74, 6) is 0.532. The maximum absolute atomic E-state index is 13.7. The number of anilines is 1. The van der Waals surface area contributed by atoms with E-state index in [2.05, 4.69) is 30.5 Å². The zero-order valence-corrected chi connectivity index (χ0v) is 21.8. The molecule has 0 saturated heterocycles. The summed E-state index contributed by atoms with van der Waals surface area (Å²) in [6, 6.07) is 11.0. The van der Waals surface area contributed by atoms with Gasteiger partial charge in [-0.2, -0.15) is 9.49 Å². The number of fused-ring (bicyclic) bond motifs is 2. The molecule has 0 bridgehead atoms. The molecule has 0 unspecified atom stereocenters. The molecule has 6 aromatic rings. The Labute approximate surface area is 221 Å². The highest BCUT2D eigenvalue weighted by molar-refractivity contribution is 7.14. The number of nitrogens with zero attached hydrogens (tertiary/aromatic N) is 4. The summed E-state index contributed by atoms with van der Waals surface area (Å²) < 4.78 is 13.7. The van der Waals surface area contributed by atoms with Crippen LogP contribution in [0.5, 0.6) is 0 Å². The fourth-order valence-corrected chi connectivity index (χ4v) is 5.15. The lowest BCUT2D eigenvalue weighted by Gasteiger charge is -2.17. The Morgan fingerprint density at radius 3 is 2.63 bits per heavy atom. The van der Waals surface area contributed by atoms with E-state index in [0.29, 0.717) is 29.1 Å². The summed E-state index contributed by atoms with van der Waals surface area (Å²) in [4.78, 5) is 30.0. The molecule has 0 saturated carbocycles. The molecule has 0 radical (unpaired) electrons. The van der Waals surface area contributed by atoms with E-state index in [1.807, 2.05) is 45.0 Å². The van der Waals surface area contributed by atoms with Gasteiger partial charge in [-0.15, -0.1) is 11.3 Å². The molecule has 0 aliphatic rings. The predicted octanol–water partition coefficient (Wildman–Crippen LogP) is 6.81. The first-order valence-electron chi connectivity index (χ1n) is 12.1. The first kappa shape index (κ1) is 23.9. The minimum Gasteiger partial charge on any atom is -0.335 e. The smallest absolute Gasteiger partial charge is 0.224 e. The highest BCUT2D eigenvalue weighted by atomic mass is 32.1. The minimum absolute atomic E-state index is 0.0481. The van der Waals surface area contributed by atoms with E-state index in [4.69, 9.17) is 4.98 Å². The summed E-state index contributed by atoms with van der Waals surface area (Å²) in [6.45, 7) is 6.08. The van der Waals surface area contributed by atoms with Gasteiger partial charge in [-0.3, -0.25) is 19.9 Å². The number of thiophene rings is 1. The molecular weight excluding hydrogens is 501 g/mol. The third-order valence-corrected chi connectivity index (χ3v) is 6.97. The van der Waals surface area contributed by atoms with E-state index < -0.39 is 0 Å². The number of carbonyl (C=O) groups is 1. The van der Waals surface area contributed by atoms with Crippen LogP contribution >= 0.6 is 11.3 Å². The number of amides is 1. The van der Waals surface area contributed by atoms with Crippen molar-refractivity contribution in [2.45, 2.75) is 27.2 Å². The lowest BCUT2D eigenvalue weighted by molar-refractivity contribution is -0.117. The number of rotatable bonds is 5. The first-order chi connectivity index (χ1) is 18.2. The number of imidazole rings is 1. The molecule has 1 aromatic carbocycles. The van der Waals surface area contributed by atoms with Gasteiger partial charge in [0.2, 0.25) is 5.91 Å². The molecule has 190 valence electrons. The second-order valence-corrected chi connectivity index (χ2v) is 11.4. The van der Waals surface area contributed by atoms with E-state index in [9.17, 15) is 9.18 Å². The van der Waals surface area contributed by atoms with Crippen molar-refractivity contribution in [3.05, 3.63) is 66.3 Å². The third-order valence-electron chi connectivity index (χ3n) is 6.07. The monoisotopic (exact) mass is 525 g/mol. The molecule has 0 fully saturated rings. The summed E-state index contributed by atoms with van der Waals surface area (Å²) >= 11 is 1.06. The van der Waals surface area contributed by atoms with Gasteiger partial charge >= 0.3 is 0 Å². The van der Waals surface area contributed by atoms with Gasteiger partial charge in [0.1, 0.15) is 11.2 Å². The average molecular weight is 526 g/mol. The van der Waals surface area contributed by atoms with Gasteiger partial charge in [0.05, 0.1) is 29.1 Å². The summed E-state index contributed by atoms with van der Waals surface area (Å²) in [7, 11) is 0. The molecule has 0 aliphatic carbocycles. The summed E-state index contributed by atoms with van der Waals surface area (Å²) in [5, 5.41) is 11.2. The Morgan fingerprint density at radius 1 is 1.00 bits per heavy atom. The number of halogens is 1. The molecule has 10 heteroatoms. The van der Waals surface area contributed by atoms with Gasteiger partial charge in [0.25, 0.3) is 0 Å². The van der Waals surface area contributed by atoms with Crippen molar-refractivity contribution in [3.8, 4) is 33.1 Å². The van der Waals surface area contributed by atoms with Crippen LogP contribution in [0.4, 0.5) is 10.1 Å². The highest BCUT2D eigenvalue weighted by Gasteiger charge is 2.18. The Balaban J connectivity index is 1.36. The summed E-state index contributed by atoms with van der Waals surface area (Å²) in [5.41, 5.74) is 6.03. The van der Waals surface area contributed by atoms with E-state index in [-0.39, 0.29) is 16.5 Å². The molecule has 0 atom stereocenters. The van der Waals surface area contributed by atoms with Crippen molar-refractivity contribution in [1.29, 1.82) is 0 Å². The molecule has 0 spiro atoms. The third kappa shape index (κ3) is 4.66. The maximum Gasteiger partial charge on any atom is 0.224 e. The molecule has 5 aromatic heterocycles. The minimum atomic E-state index is -0.258. The van der Waals surface area contributed by atoms with Crippen molar-refractivity contribution in [1.82, 2.24) is 30.1 Å². The van der Waals surface area contributed by atoms with Gasteiger partial charge in [-0.1, -0.05) is 26.8 Å². The number of H-pyrrole nitrogens is 2. The van der Waals surface area contributed by atoms with Gasteiger partial charge in [0.15, 0.2) is 11.0 Å². The number of nitrogens with one attached hydrogen (secondary N) is 3. The molecular formula is C28H24FN7OS. The predicted molar refractivity (Wildman–Crippen MR) is 148 cm³/mol. The van der Waals surface area contributed by atoms with Gasteiger partial charge < -0.3 is 10.3 Å². The standard InChI is InChI=1S/C28H24FN7OS/c1-28(2,3)10-24(37)32-17-8-16(11-30-12-17)15-4-5-20-18(9-15)26(36-35-20)27-33-21-14-31-13-19(25(21)34-27)22-6-7-23(29)38-22/h4-9,11-14H,10H2,1-3H3,(H,32,37)(H,33,34)(H,35,36). The molecule has 38 heavy (non-hydrogen) atoms. The van der Waals surface area contributed by atoms with Crippen molar-refractivity contribution in [3.63, 3.8) is 0 Å². The average Bonchev–Trinajstić information content (AvgIpc) is 3.60. The van der Waals surface area contributed by atoms with Gasteiger partial charge in [-0.05, 0) is 41.3 Å². The number of hydrogen-bond acceptors (Lipinski definition) is 6. The maximum atomic E-state index is 13.7. The quantitative estimate of drug-likeness (QED) is 0.229. The zero-order chi connectivity index (χ0) is 26.4. The number of carbonyl (C=O) groups excluding carboxylic acids is 1. The van der Waals surface area contributed by atoms with E-state index in [0.717, 1.165) is 49.3 Å². The second-order valence-electron chi connectivity index (χ2n) is 10.4. The fraction of sp³-hybridized carbons (Fsp3) is 0.179. The number of benzene rings is 1. The van der Waals surface area contributed by atoms with Crippen LogP contribution in [0.3, 0.4) is 0 Å². The van der Waals surface area contributed by atoms with Crippen LogP contribution in [0.15, 0.2) is 61.2 Å². The van der Waals surface area contributed by atoms with Crippen LogP contribution in [-0.2, 0) is 4.79 Å². The molecule has 6 rings (SSSR count). The Kier molecular flexibility index (Phi) is 5.76. The normalized spacial score (nSPS) is 11.9. The number of aromatic amines is 2. The zero-order valence-electron chi connectivity index (χ0n) is 21.0. The van der Waals surface area contributed by atoms with Crippen LogP contribution in [-0.4, -0.2) is 36.0 Å². The SMILES string of the molecule is CC(C)(C)CC(=O)Nc1cncc(-c2ccc3[nH]nc(-c4nc5c(-c6ccc(F)s6)cncc5[nH]4)c3c2)c1. The van der Waals surface area contributed by atoms with Crippen molar-refractivity contribution in [2.75, 3.05) is 5.32 Å². The Morgan fingerprint density at radius 2 is 1.84 bits per heavy atom. The molecule has 1 amide bonds. The van der Waals surface area contributed by atoms with Gasteiger partial charge in [-0.25, -0.2) is 4.98 Å². The number of aromatic nitrogens is 6. The Hall–Kier alpha value is -4.44. The lowest BCUT2D eigenvalue weighted by Crippen LogP contribution is -2.19. The molecule has 3 N–H and O–H groups in total. The van der Waals surface area contributed by atoms with Gasteiger partial charge in [0, 0.05) is 40.2 Å². The fourth-order valence-electron chi connectivity index (χ4n) is 4.41. The van der Waals surface area contributed by atoms with Crippen LogP contribution < -0.4 is 5.32 Å². The first-order valence-corrected chi connectivity index (χ1v) is 12.9. The molecule has 5 heterocycles. The van der Waals surface area contributed by atoms with Crippen LogP contribution in [0.1, 0.15) is 27.2 Å². The molecule has 8 nitrogen and oxygen atoms in total. The highest BCUT2D eigenvalue weighted by Crippen LogP contribution is 2.35. The van der Waals surface area contributed by atoms with Crippen molar-refractivity contribution >= 4 is 44.9 Å². The molecule has 0 aliphatic heterocycles. The Bertz CT molecular complexity index is 1810. The number of pyridine rings is 2. The largest absolute Gasteiger partial charge is 0.335 e. The van der Waals surface area contributed by atoms with E-state index in [1.54, 1.807) is 30.9 Å². The number of hydrogen-bond donors (Lipinski definition) is 3. The topological polar surface area (TPSA) is 112 Å². The van der Waals surface area contributed by atoms with Crippen LogP contribution in [0.25, 0.3) is 55.0 Å². The second kappa shape index (κ2) is 9.14. The van der Waals surface area contributed by atoms with Crippen molar-refractivity contribution in [2.24, 2.45) is 5.41 Å². The van der Waals surface area contributed by atoms with Crippen LogP contribution in [0, 0.1) is 10.5 Å². The van der Waals surface area contributed by atoms with Crippen molar-refractivity contribution < 1.29 is 9.18 Å². The lowest BCUT2D eigenvalue weighted by atomic mass is 9.92.